The van der Waals surface area contributed by atoms with Crippen molar-refractivity contribution in [3.05, 3.63) is 83.4 Å². The number of hydrogen-bond acceptors (Lipinski definition) is 3. The van der Waals surface area contributed by atoms with Crippen molar-refractivity contribution in [1.82, 2.24) is 4.98 Å². The number of aromatic nitrogens is 1. The average Bonchev–Trinajstić information content (AvgIpc) is 3.05. The van der Waals surface area contributed by atoms with Crippen LogP contribution in [0.4, 0.5) is 5.69 Å². The van der Waals surface area contributed by atoms with E-state index in [1.807, 2.05) is 68.4 Å². The summed E-state index contributed by atoms with van der Waals surface area (Å²) in [5, 5.41) is 2.91. The van der Waals surface area contributed by atoms with Crippen molar-refractivity contribution in [2.24, 2.45) is 0 Å². The van der Waals surface area contributed by atoms with Crippen LogP contribution in [-0.2, 0) is 0 Å². The van der Waals surface area contributed by atoms with Gasteiger partial charge in [0.05, 0.1) is 0 Å². The first kappa shape index (κ1) is 16.1. The van der Waals surface area contributed by atoms with Crippen molar-refractivity contribution in [3.8, 4) is 11.5 Å². The topological polar surface area (TPSA) is 55.1 Å². The number of aryl methyl sites for hydroxylation is 2. The van der Waals surface area contributed by atoms with Gasteiger partial charge in [-0.15, -0.1) is 0 Å². The zero-order chi connectivity index (χ0) is 18.1. The molecule has 128 valence electrons. The molecule has 0 atom stereocenters. The number of benzene rings is 3. The maximum Gasteiger partial charge on any atom is 0.255 e. The summed E-state index contributed by atoms with van der Waals surface area (Å²) in [6.45, 7) is 4.00. The molecular formula is C22H18N2O2. The van der Waals surface area contributed by atoms with E-state index in [1.165, 1.54) is 5.56 Å². The Hall–Kier alpha value is -3.40. The maximum absolute atomic E-state index is 12.4. The second kappa shape index (κ2) is 6.48. The van der Waals surface area contributed by atoms with Gasteiger partial charge in [0.25, 0.3) is 5.91 Å². The van der Waals surface area contributed by atoms with Crippen LogP contribution in [0.5, 0.6) is 0 Å². The van der Waals surface area contributed by atoms with Gasteiger partial charge in [0.2, 0.25) is 5.89 Å². The van der Waals surface area contributed by atoms with Crippen molar-refractivity contribution in [2.75, 3.05) is 5.32 Å². The van der Waals surface area contributed by atoms with Gasteiger partial charge in [-0.1, -0.05) is 35.4 Å². The number of carbonyl (C=O) groups is 1. The fraction of sp³-hybridized carbons (Fsp3) is 0.0909. The number of amides is 1. The maximum atomic E-state index is 12.4. The van der Waals surface area contributed by atoms with E-state index in [0.29, 0.717) is 22.7 Å². The van der Waals surface area contributed by atoms with Crippen molar-refractivity contribution >= 4 is 22.7 Å². The van der Waals surface area contributed by atoms with Crippen LogP contribution in [0.25, 0.3) is 22.6 Å². The van der Waals surface area contributed by atoms with Gasteiger partial charge in [-0.3, -0.25) is 4.79 Å². The predicted molar refractivity (Wildman–Crippen MR) is 103 cm³/mol. The minimum atomic E-state index is -0.147. The van der Waals surface area contributed by atoms with E-state index in [2.05, 4.69) is 10.3 Å². The third-order valence-corrected chi connectivity index (χ3v) is 4.23. The summed E-state index contributed by atoms with van der Waals surface area (Å²) in [4.78, 5) is 16.9. The summed E-state index contributed by atoms with van der Waals surface area (Å²) in [6.07, 6.45) is 0. The van der Waals surface area contributed by atoms with Crippen molar-refractivity contribution in [2.45, 2.75) is 13.8 Å². The lowest BCUT2D eigenvalue weighted by Gasteiger charge is -2.05. The number of nitrogens with one attached hydrogen (secondary N) is 1. The van der Waals surface area contributed by atoms with E-state index in [1.54, 1.807) is 12.1 Å². The van der Waals surface area contributed by atoms with Gasteiger partial charge in [-0.25, -0.2) is 4.98 Å². The summed E-state index contributed by atoms with van der Waals surface area (Å²) in [5.74, 6) is 0.425. The number of fused-ring (bicyclic) bond motifs is 1. The highest BCUT2D eigenvalue weighted by molar-refractivity contribution is 6.05. The summed E-state index contributed by atoms with van der Waals surface area (Å²) in [5.41, 5.74) is 5.87. The molecule has 4 heteroatoms. The molecule has 0 aliphatic rings. The van der Waals surface area contributed by atoms with Crippen LogP contribution in [0.3, 0.4) is 0 Å². The molecule has 0 unspecified atom stereocenters. The standard InChI is InChI=1S/C22H18N2O2/c1-14-6-8-16(9-7-14)22-24-19-11-10-18(13-20(19)26-22)23-21(25)17-5-3-4-15(2)12-17/h3-13H,1-2H3,(H,23,25). The van der Waals surface area contributed by atoms with Gasteiger partial charge >= 0.3 is 0 Å². The SMILES string of the molecule is Cc1ccc(-c2nc3ccc(NC(=O)c4cccc(C)c4)cc3o2)cc1. The number of anilines is 1. The molecule has 3 aromatic carbocycles. The molecule has 0 aliphatic carbocycles. The Morgan fingerprint density at radius 3 is 2.50 bits per heavy atom. The van der Waals surface area contributed by atoms with Crippen LogP contribution in [0.2, 0.25) is 0 Å². The first-order valence-electron chi connectivity index (χ1n) is 8.44. The van der Waals surface area contributed by atoms with Crippen molar-refractivity contribution < 1.29 is 9.21 Å². The quantitative estimate of drug-likeness (QED) is 0.545. The Kier molecular flexibility index (Phi) is 4.01. The van der Waals surface area contributed by atoms with E-state index >= 15 is 0 Å². The highest BCUT2D eigenvalue weighted by Gasteiger charge is 2.11. The van der Waals surface area contributed by atoms with Crippen LogP contribution < -0.4 is 5.32 Å². The fourth-order valence-electron chi connectivity index (χ4n) is 2.81. The Morgan fingerprint density at radius 1 is 0.923 bits per heavy atom. The Morgan fingerprint density at radius 2 is 1.73 bits per heavy atom. The Balaban J connectivity index is 1.61. The van der Waals surface area contributed by atoms with Crippen LogP contribution in [0.1, 0.15) is 21.5 Å². The zero-order valence-electron chi connectivity index (χ0n) is 14.6. The summed E-state index contributed by atoms with van der Waals surface area (Å²) < 4.78 is 5.88. The molecule has 1 aromatic heterocycles. The molecule has 1 amide bonds. The molecule has 0 bridgehead atoms. The minimum absolute atomic E-state index is 0.147. The summed E-state index contributed by atoms with van der Waals surface area (Å²) in [7, 11) is 0. The van der Waals surface area contributed by atoms with E-state index in [-0.39, 0.29) is 5.91 Å². The second-order valence-electron chi connectivity index (χ2n) is 6.39. The molecule has 0 saturated carbocycles. The van der Waals surface area contributed by atoms with Crippen LogP contribution >= 0.6 is 0 Å². The number of nitrogens with zero attached hydrogens (tertiary/aromatic N) is 1. The monoisotopic (exact) mass is 342 g/mol. The van der Waals surface area contributed by atoms with Crippen LogP contribution in [0, 0.1) is 13.8 Å². The van der Waals surface area contributed by atoms with E-state index in [0.717, 1.165) is 16.6 Å². The zero-order valence-corrected chi connectivity index (χ0v) is 14.6. The van der Waals surface area contributed by atoms with Crippen LogP contribution in [-0.4, -0.2) is 10.9 Å². The highest BCUT2D eigenvalue weighted by atomic mass is 16.3. The average molecular weight is 342 g/mol. The first-order valence-corrected chi connectivity index (χ1v) is 8.44. The number of oxazole rings is 1. The molecule has 0 saturated heterocycles. The van der Waals surface area contributed by atoms with E-state index in [4.69, 9.17) is 4.42 Å². The molecule has 4 rings (SSSR count). The third-order valence-electron chi connectivity index (χ3n) is 4.23. The second-order valence-corrected chi connectivity index (χ2v) is 6.39. The van der Waals surface area contributed by atoms with E-state index < -0.39 is 0 Å². The smallest absolute Gasteiger partial charge is 0.255 e. The van der Waals surface area contributed by atoms with E-state index in [9.17, 15) is 4.79 Å². The summed E-state index contributed by atoms with van der Waals surface area (Å²) >= 11 is 0. The molecule has 4 nitrogen and oxygen atoms in total. The lowest BCUT2D eigenvalue weighted by atomic mass is 10.1. The molecular weight excluding hydrogens is 324 g/mol. The normalized spacial score (nSPS) is 10.8. The summed E-state index contributed by atoms with van der Waals surface area (Å²) in [6, 6.07) is 21.0. The lowest BCUT2D eigenvalue weighted by Crippen LogP contribution is -2.11. The molecule has 0 spiro atoms. The predicted octanol–water partition coefficient (Wildman–Crippen LogP) is 5.36. The molecule has 1 N–H and O–H groups in total. The number of rotatable bonds is 3. The molecule has 26 heavy (non-hydrogen) atoms. The Labute approximate surface area is 151 Å². The lowest BCUT2D eigenvalue weighted by molar-refractivity contribution is 0.102. The van der Waals surface area contributed by atoms with Gasteiger partial charge in [0, 0.05) is 22.9 Å². The molecule has 0 radical (unpaired) electrons. The molecule has 1 heterocycles. The largest absolute Gasteiger partial charge is 0.436 e. The third kappa shape index (κ3) is 3.22. The van der Waals surface area contributed by atoms with Crippen LogP contribution in [0.15, 0.2) is 71.1 Å². The first-order chi connectivity index (χ1) is 12.6. The van der Waals surface area contributed by atoms with Gasteiger partial charge in [-0.2, -0.15) is 0 Å². The van der Waals surface area contributed by atoms with Gasteiger partial charge in [0.15, 0.2) is 5.58 Å². The Bertz CT molecular complexity index is 1090. The van der Waals surface area contributed by atoms with Gasteiger partial charge in [0.1, 0.15) is 5.52 Å². The van der Waals surface area contributed by atoms with Gasteiger partial charge in [-0.05, 0) is 50.2 Å². The van der Waals surface area contributed by atoms with Gasteiger partial charge < -0.3 is 9.73 Å². The fourth-order valence-corrected chi connectivity index (χ4v) is 2.81. The number of carbonyl (C=O) groups excluding carboxylic acids is 1. The molecule has 4 aromatic rings. The highest BCUT2D eigenvalue weighted by Crippen LogP contribution is 2.26. The molecule has 0 aliphatic heterocycles. The molecule has 0 fully saturated rings. The number of hydrogen-bond donors (Lipinski definition) is 1. The minimum Gasteiger partial charge on any atom is -0.436 e. The van der Waals surface area contributed by atoms with Crippen molar-refractivity contribution in [3.63, 3.8) is 0 Å². The van der Waals surface area contributed by atoms with Crippen molar-refractivity contribution in [1.29, 1.82) is 0 Å².